The molecule has 8 nitrogen and oxygen atoms in total. The molecule has 0 saturated heterocycles. The molecule has 3 aromatic heterocycles. The van der Waals surface area contributed by atoms with Crippen molar-refractivity contribution in [2.75, 3.05) is 13.7 Å². The van der Waals surface area contributed by atoms with Crippen molar-refractivity contribution in [3.05, 3.63) is 53.2 Å². The van der Waals surface area contributed by atoms with Gasteiger partial charge in [-0.15, -0.1) is 0 Å². The maximum Gasteiger partial charge on any atom is 0.223 e. The van der Waals surface area contributed by atoms with Crippen LogP contribution in [0.15, 0.2) is 47.3 Å². The van der Waals surface area contributed by atoms with Gasteiger partial charge >= 0.3 is 0 Å². The van der Waals surface area contributed by atoms with Gasteiger partial charge in [-0.05, 0) is 72.3 Å². The number of carbonyl (C=O) groups excluding carboxylic acids is 1. The number of hydrogen-bond donors (Lipinski definition) is 1. The molecule has 1 fully saturated rings. The predicted octanol–water partition coefficient (Wildman–Crippen LogP) is 4.24. The zero-order chi connectivity index (χ0) is 23.7. The van der Waals surface area contributed by atoms with Gasteiger partial charge < -0.3 is 10.1 Å². The minimum atomic E-state index is 0.0203. The lowest BCUT2D eigenvalue weighted by Gasteiger charge is -2.16. The highest BCUT2D eigenvalue weighted by Crippen LogP contribution is 2.33. The molecule has 0 radical (unpaired) electrons. The summed E-state index contributed by atoms with van der Waals surface area (Å²) < 4.78 is 7.68. The van der Waals surface area contributed by atoms with Crippen LogP contribution in [0.3, 0.4) is 0 Å². The summed E-state index contributed by atoms with van der Waals surface area (Å²) in [5.41, 5.74) is 2.62. The first kappa shape index (κ1) is 22.9. The van der Waals surface area contributed by atoms with E-state index in [2.05, 4.69) is 42.4 Å². The number of fused-ring (bicyclic) bond motifs is 2. The summed E-state index contributed by atoms with van der Waals surface area (Å²) in [4.78, 5) is 26.5. The molecule has 1 N–H and O–H groups in total. The smallest absolute Gasteiger partial charge is 0.223 e. The quantitative estimate of drug-likeness (QED) is 0.390. The molecule has 0 spiro atoms. The molecule has 1 aliphatic carbocycles. The van der Waals surface area contributed by atoms with E-state index in [1.54, 1.807) is 13.3 Å². The number of rotatable bonds is 7. The van der Waals surface area contributed by atoms with Crippen LogP contribution in [0.5, 0.6) is 0 Å². The number of pyridine rings is 1. The number of aromatic nitrogens is 5. The van der Waals surface area contributed by atoms with Crippen molar-refractivity contribution >= 4 is 43.8 Å². The number of benzene rings is 1. The lowest BCUT2D eigenvalue weighted by Crippen LogP contribution is -2.39. The predicted molar refractivity (Wildman–Crippen MR) is 134 cm³/mol. The number of nitrogens with zero attached hydrogens (tertiary/aromatic N) is 5. The van der Waals surface area contributed by atoms with Crippen LogP contribution in [0.2, 0.25) is 0 Å². The topological polar surface area (TPSA) is 94.8 Å². The molecule has 3 heterocycles. The third-order valence-corrected chi connectivity index (χ3v) is 7.03. The van der Waals surface area contributed by atoms with Crippen LogP contribution < -0.4 is 5.32 Å². The second-order valence-corrected chi connectivity index (χ2v) is 9.80. The second kappa shape index (κ2) is 9.76. The molecule has 4 aromatic rings. The average Bonchev–Trinajstić information content (AvgIpc) is 3.43. The van der Waals surface area contributed by atoms with Gasteiger partial charge in [-0.1, -0.05) is 6.07 Å². The Morgan fingerprint density at radius 1 is 1.29 bits per heavy atom. The molecule has 1 aromatic carbocycles. The monoisotopic (exact) mass is 522 g/mol. The van der Waals surface area contributed by atoms with Crippen LogP contribution in [0.1, 0.15) is 32.0 Å². The number of amides is 1. The van der Waals surface area contributed by atoms with Gasteiger partial charge in [-0.3, -0.25) is 9.78 Å². The minimum Gasteiger partial charge on any atom is -0.383 e. The Balaban J connectivity index is 1.35. The van der Waals surface area contributed by atoms with Crippen molar-refractivity contribution in [1.82, 2.24) is 30.0 Å². The van der Waals surface area contributed by atoms with Crippen LogP contribution in [0.25, 0.3) is 27.6 Å². The Morgan fingerprint density at radius 3 is 3.03 bits per heavy atom. The number of methoxy groups -OCH3 is 1. The first-order chi connectivity index (χ1) is 16.5. The summed E-state index contributed by atoms with van der Waals surface area (Å²) in [5.74, 6) is 1.33. The van der Waals surface area contributed by atoms with E-state index in [0.717, 1.165) is 59.1 Å². The van der Waals surface area contributed by atoms with Crippen LogP contribution in [0, 0.1) is 11.8 Å². The lowest BCUT2D eigenvalue weighted by atomic mass is 10.0. The van der Waals surface area contributed by atoms with Gasteiger partial charge in [0, 0.05) is 43.3 Å². The third-order valence-electron chi connectivity index (χ3n) is 6.45. The summed E-state index contributed by atoms with van der Waals surface area (Å²) in [6.45, 7) is 2.48. The van der Waals surface area contributed by atoms with Crippen LogP contribution >= 0.6 is 15.9 Å². The molecule has 5 rings (SSSR count). The fraction of sp³-hybridized carbons (Fsp3) is 0.400. The SMILES string of the molecule is COC[C@H](C)NC(=O)[C@@H]1CC[C@@H](Cc2ncc3c(Br)nn(-c4ccc5ncccc5c4)c3n2)C1. The fourth-order valence-corrected chi connectivity index (χ4v) is 5.22. The van der Waals surface area contributed by atoms with E-state index in [0.29, 0.717) is 17.1 Å². The summed E-state index contributed by atoms with van der Waals surface area (Å²) >= 11 is 3.55. The first-order valence-corrected chi connectivity index (χ1v) is 12.4. The zero-order valence-corrected chi connectivity index (χ0v) is 20.8. The summed E-state index contributed by atoms with van der Waals surface area (Å²) in [7, 11) is 1.65. The molecule has 34 heavy (non-hydrogen) atoms. The van der Waals surface area contributed by atoms with E-state index in [4.69, 9.17) is 9.72 Å². The van der Waals surface area contributed by atoms with Crippen LogP contribution in [-0.4, -0.2) is 50.4 Å². The Kier molecular flexibility index (Phi) is 6.56. The Bertz CT molecular complexity index is 1340. The van der Waals surface area contributed by atoms with E-state index in [-0.39, 0.29) is 17.9 Å². The van der Waals surface area contributed by atoms with Gasteiger partial charge in [0.15, 0.2) is 5.65 Å². The molecule has 9 heteroatoms. The highest BCUT2D eigenvalue weighted by Gasteiger charge is 2.31. The summed E-state index contributed by atoms with van der Waals surface area (Å²) in [6.07, 6.45) is 7.12. The van der Waals surface area contributed by atoms with Gasteiger partial charge in [0.05, 0.1) is 23.2 Å². The average molecular weight is 523 g/mol. The molecule has 3 atom stereocenters. The number of carbonyl (C=O) groups is 1. The normalized spacial score (nSPS) is 19.0. The number of hydrogen-bond acceptors (Lipinski definition) is 6. The summed E-state index contributed by atoms with van der Waals surface area (Å²) in [5, 5.41) is 9.63. The Morgan fingerprint density at radius 2 is 2.18 bits per heavy atom. The van der Waals surface area contributed by atoms with Crippen molar-refractivity contribution in [3.63, 3.8) is 0 Å². The number of nitrogens with one attached hydrogen (secondary N) is 1. The molecule has 1 saturated carbocycles. The van der Waals surface area contributed by atoms with Crippen molar-refractivity contribution in [2.24, 2.45) is 11.8 Å². The molecule has 0 aliphatic heterocycles. The molecular formula is C25H27BrN6O2. The zero-order valence-electron chi connectivity index (χ0n) is 19.2. The van der Waals surface area contributed by atoms with Gasteiger partial charge in [0.25, 0.3) is 0 Å². The van der Waals surface area contributed by atoms with Crippen molar-refractivity contribution in [3.8, 4) is 5.69 Å². The number of ether oxygens (including phenoxy) is 1. The Hall–Kier alpha value is -2.91. The van der Waals surface area contributed by atoms with E-state index >= 15 is 0 Å². The van der Waals surface area contributed by atoms with Crippen molar-refractivity contribution < 1.29 is 9.53 Å². The van der Waals surface area contributed by atoms with Crippen molar-refractivity contribution in [1.29, 1.82) is 0 Å². The minimum absolute atomic E-state index is 0.0203. The summed E-state index contributed by atoms with van der Waals surface area (Å²) in [6, 6.07) is 10.0. The highest BCUT2D eigenvalue weighted by atomic mass is 79.9. The van der Waals surface area contributed by atoms with Crippen molar-refractivity contribution in [2.45, 2.75) is 38.6 Å². The lowest BCUT2D eigenvalue weighted by molar-refractivity contribution is -0.125. The molecule has 1 aliphatic rings. The fourth-order valence-electron chi connectivity index (χ4n) is 4.79. The van der Waals surface area contributed by atoms with Gasteiger partial charge in [-0.2, -0.15) is 5.10 Å². The molecule has 0 bridgehead atoms. The molecule has 176 valence electrons. The standard InChI is InChI=1S/C25H27BrN6O2/c1-15(14-34-2)29-25(33)18-6-5-16(10-18)11-22-28-13-20-23(26)31-32(24(20)30-22)19-7-8-21-17(12-19)4-3-9-27-21/h3-4,7-9,12-13,15-16,18H,5-6,10-11,14H2,1-2H3,(H,29,33)/t15-,16+,18+/m0/s1. The van der Waals surface area contributed by atoms with E-state index in [9.17, 15) is 4.79 Å². The van der Waals surface area contributed by atoms with E-state index in [1.165, 1.54) is 0 Å². The molecule has 0 unspecified atom stereocenters. The molecular weight excluding hydrogens is 496 g/mol. The highest BCUT2D eigenvalue weighted by molar-refractivity contribution is 9.10. The number of halogens is 1. The molecule has 1 amide bonds. The maximum atomic E-state index is 12.6. The largest absolute Gasteiger partial charge is 0.383 e. The maximum absolute atomic E-state index is 12.6. The Labute approximate surface area is 206 Å². The van der Waals surface area contributed by atoms with Gasteiger partial charge in [0.1, 0.15) is 10.4 Å². The second-order valence-electron chi connectivity index (χ2n) is 9.05. The first-order valence-electron chi connectivity index (χ1n) is 11.6. The van der Waals surface area contributed by atoms with Crippen LogP contribution in [0.4, 0.5) is 0 Å². The van der Waals surface area contributed by atoms with E-state index < -0.39 is 0 Å². The van der Waals surface area contributed by atoms with Gasteiger partial charge in [-0.25, -0.2) is 14.6 Å². The van der Waals surface area contributed by atoms with E-state index in [1.807, 2.05) is 42.1 Å². The third kappa shape index (κ3) is 4.67. The van der Waals surface area contributed by atoms with Gasteiger partial charge in [0.2, 0.25) is 5.91 Å². The van der Waals surface area contributed by atoms with Crippen LogP contribution in [-0.2, 0) is 16.0 Å².